The Morgan fingerprint density at radius 1 is 0.900 bits per heavy atom. The zero-order valence-electron chi connectivity index (χ0n) is 16.7. The van der Waals surface area contributed by atoms with E-state index in [1.807, 2.05) is 42.5 Å². The maximum atomic E-state index is 10.1. The first-order valence-electron chi connectivity index (χ1n) is 10.4. The first-order chi connectivity index (χ1) is 14.8. The van der Waals surface area contributed by atoms with Gasteiger partial charge >= 0.3 is 0 Å². The van der Waals surface area contributed by atoms with Gasteiger partial charge in [0.2, 0.25) is 5.89 Å². The maximum absolute atomic E-state index is 10.1. The molecule has 1 aliphatic rings. The minimum absolute atomic E-state index is 0.339. The molecule has 150 valence electrons. The Bertz CT molecular complexity index is 1080. The Kier molecular flexibility index (Phi) is 5.08. The molecule has 30 heavy (non-hydrogen) atoms. The van der Waals surface area contributed by atoms with Crippen LogP contribution in [0.3, 0.4) is 0 Å². The van der Waals surface area contributed by atoms with Gasteiger partial charge in [0.15, 0.2) is 5.76 Å². The monoisotopic (exact) mass is 396 g/mol. The molecule has 4 nitrogen and oxygen atoms in total. The number of phenolic OH excluding ortho intramolecular Hbond substituents is 1. The summed E-state index contributed by atoms with van der Waals surface area (Å²) >= 11 is 0. The molecule has 0 fully saturated rings. The number of aromatic hydroxyl groups is 1. The van der Waals surface area contributed by atoms with E-state index in [1.165, 1.54) is 5.56 Å². The van der Waals surface area contributed by atoms with Crippen molar-refractivity contribution >= 4 is 0 Å². The van der Waals surface area contributed by atoms with Crippen molar-refractivity contribution in [2.24, 2.45) is 0 Å². The summed E-state index contributed by atoms with van der Waals surface area (Å²) in [6.07, 6.45) is 2.78. The third-order valence-electron chi connectivity index (χ3n) is 5.75. The Hall–Kier alpha value is -3.37. The zero-order chi connectivity index (χ0) is 20.3. The molecule has 4 aromatic rings. The number of benzene rings is 3. The van der Waals surface area contributed by atoms with Crippen LogP contribution in [-0.4, -0.2) is 16.1 Å². The van der Waals surface area contributed by atoms with Crippen LogP contribution in [0.5, 0.6) is 5.75 Å². The number of aromatic nitrogens is 1. The number of nitrogens with one attached hydrogen (secondary N) is 1. The van der Waals surface area contributed by atoms with Gasteiger partial charge in [0.25, 0.3) is 0 Å². The number of fused-ring (bicyclic) bond motifs is 1. The molecule has 0 amide bonds. The summed E-state index contributed by atoms with van der Waals surface area (Å²) in [7, 11) is 0. The average Bonchev–Trinajstić information content (AvgIpc) is 3.23. The topological polar surface area (TPSA) is 58.3 Å². The number of hydrogen-bond donors (Lipinski definition) is 2. The average molecular weight is 396 g/mol. The van der Waals surface area contributed by atoms with Crippen molar-refractivity contribution in [1.29, 1.82) is 0 Å². The molecule has 1 heterocycles. The van der Waals surface area contributed by atoms with Crippen LogP contribution in [0.1, 0.15) is 23.4 Å². The van der Waals surface area contributed by atoms with Crippen molar-refractivity contribution in [3.05, 3.63) is 95.9 Å². The molecule has 5 rings (SSSR count). The number of hydrogen-bond acceptors (Lipinski definition) is 4. The first kappa shape index (κ1) is 18.6. The predicted molar refractivity (Wildman–Crippen MR) is 118 cm³/mol. The lowest BCUT2D eigenvalue weighted by molar-refractivity contribution is 0.402. The molecular weight excluding hydrogens is 372 g/mol. The number of phenols is 1. The maximum Gasteiger partial charge on any atom is 0.209 e. The van der Waals surface area contributed by atoms with E-state index in [0.29, 0.717) is 24.2 Å². The summed E-state index contributed by atoms with van der Waals surface area (Å²) in [6, 6.07) is 26.4. The van der Waals surface area contributed by atoms with Crippen molar-refractivity contribution in [2.75, 3.05) is 0 Å². The van der Waals surface area contributed by atoms with Crippen LogP contribution in [0.2, 0.25) is 0 Å². The highest BCUT2D eigenvalue weighted by Gasteiger charge is 2.22. The molecule has 0 radical (unpaired) electrons. The molecule has 1 atom stereocenters. The van der Waals surface area contributed by atoms with Gasteiger partial charge in [-0.05, 0) is 36.5 Å². The van der Waals surface area contributed by atoms with Crippen LogP contribution in [0, 0.1) is 0 Å². The minimum atomic E-state index is 0.339. The largest absolute Gasteiger partial charge is 0.508 e. The molecular formula is C26H24N2O2. The molecule has 0 saturated carbocycles. The van der Waals surface area contributed by atoms with Gasteiger partial charge in [0.1, 0.15) is 11.4 Å². The minimum Gasteiger partial charge on any atom is -0.508 e. The van der Waals surface area contributed by atoms with Crippen molar-refractivity contribution in [3.63, 3.8) is 0 Å². The van der Waals surface area contributed by atoms with Gasteiger partial charge in [-0.15, -0.1) is 0 Å². The second-order valence-corrected chi connectivity index (χ2v) is 7.75. The molecule has 1 aromatic heterocycles. The van der Waals surface area contributed by atoms with E-state index in [9.17, 15) is 5.11 Å². The van der Waals surface area contributed by atoms with Crippen molar-refractivity contribution in [3.8, 4) is 28.3 Å². The van der Waals surface area contributed by atoms with E-state index >= 15 is 0 Å². The smallest absolute Gasteiger partial charge is 0.209 e. The third-order valence-corrected chi connectivity index (χ3v) is 5.75. The highest BCUT2D eigenvalue weighted by atomic mass is 16.4. The lowest BCUT2D eigenvalue weighted by Gasteiger charge is -2.25. The van der Waals surface area contributed by atoms with Crippen LogP contribution >= 0.6 is 0 Å². The quantitative estimate of drug-likeness (QED) is 0.477. The van der Waals surface area contributed by atoms with Gasteiger partial charge in [0, 0.05) is 17.2 Å². The van der Waals surface area contributed by atoms with Gasteiger partial charge in [-0.2, -0.15) is 0 Å². The van der Waals surface area contributed by atoms with Gasteiger partial charge in [0.05, 0.1) is 6.54 Å². The van der Waals surface area contributed by atoms with E-state index in [-0.39, 0.29) is 0 Å². The van der Waals surface area contributed by atoms with Crippen molar-refractivity contribution < 1.29 is 9.52 Å². The number of nitrogens with zero attached hydrogens (tertiary/aromatic N) is 1. The van der Waals surface area contributed by atoms with Crippen molar-refractivity contribution in [1.82, 2.24) is 10.3 Å². The Labute approximate surface area is 176 Å². The fourth-order valence-electron chi connectivity index (χ4n) is 4.21. The van der Waals surface area contributed by atoms with Gasteiger partial charge < -0.3 is 14.8 Å². The van der Waals surface area contributed by atoms with Crippen molar-refractivity contribution in [2.45, 2.75) is 31.8 Å². The normalized spacial score (nSPS) is 15.7. The lowest BCUT2D eigenvalue weighted by Crippen LogP contribution is -2.34. The standard InChI is InChI=1S/C26H24N2O2/c29-23-13-7-12-20-16-21(14-15-22(20)23)27-17-24-28-25(18-8-3-1-4-9-18)26(30-24)19-10-5-2-6-11-19/h1-13,21,27,29H,14-17H2. The molecule has 4 heteroatoms. The van der Waals surface area contributed by atoms with Crippen LogP contribution in [0.25, 0.3) is 22.6 Å². The summed E-state index contributed by atoms with van der Waals surface area (Å²) in [5, 5.41) is 13.7. The zero-order valence-corrected chi connectivity index (χ0v) is 16.7. The highest BCUT2D eigenvalue weighted by molar-refractivity contribution is 5.76. The number of oxazole rings is 1. The Morgan fingerprint density at radius 2 is 1.63 bits per heavy atom. The molecule has 0 aliphatic heterocycles. The van der Waals surface area contributed by atoms with Crippen LogP contribution < -0.4 is 5.32 Å². The summed E-state index contributed by atoms with van der Waals surface area (Å²) in [6.45, 7) is 0.575. The molecule has 0 spiro atoms. The molecule has 2 N–H and O–H groups in total. The molecule has 0 bridgehead atoms. The van der Waals surface area contributed by atoms with Crippen LogP contribution in [0.15, 0.2) is 83.3 Å². The summed E-state index contributed by atoms with van der Waals surface area (Å²) in [5.74, 6) is 1.91. The fraction of sp³-hybridized carbons (Fsp3) is 0.192. The Morgan fingerprint density at radius 3 is 2.40 bits per heavy atom. The second kappa shape index (κ2) is 8.17. The first-order valence-corrected chi connectivity index (χ1v) is 10.4. The molecule has 1 aliphatic carbocycles. The van der Waals surface area contributed by atoms with E-state index in [2.05, 4.69) is 35.6 Å². The van der Waals surface area contributed by atoms with Gasteiger partial charge in [-0.1, -0.05) is 72.8 Å². The number of rotatable bonds is 5. The molecule has 3 aromatic carbocycles. The van der Waals surface area contributed by atoms with E-state index < -0.39 is 0 Å². The molecule has 0 saturated heterocycles. The Balaban J connectivity index is 1.37. The predicted octanol–water partition coefficient (Wildman–Crippen LogP) is 5.36. The summed E-state index contributed by atoms with van der Waals surface area (Å²) in [5.41, 5.74) is 5.26. The fourth-order valence-corrected chi connectivity index (χ4v) is 4.21. The van der Waals surface area contributed by atoms with E-state index in [0.717, 1.165) is 47.4 Å². The highest BCUT2D eigenvalue weighted by Crippen LogP contribution is 2.33. The SMILES string of the molecule is Oc1cccc2c1CCC(NCc1nc(-c3ccccc3)c(-c3ccccc3)o1)C2. The summed E-state index contributed by atoms with van der Waals surface area (Å²) < 4.78 is 6.22. The summed E-state index contributed by atoms with van der Waals surface area (Å²) in [4.78, 5) is 4.83. The van der Waals surface area contributed by atoms with E-state index in [4.69, 9.17) is 9.40 Å². The molecule has 1 unspecified atom stereocenters. The van der Waals surface area contributed by atoms with Gasteiger partial charge in [-0.3, -0.25) is 0 Å². The lowest BCUT2D eigenvalue weighted by atomic mass is 9.88. The van der Waals surface area contributed by atoms with Crippen LogP contribution in [0.4, 0.5) is 0 Å². The second-order valence-electron chi connectivity index (χ2n) is 7.75. The van der Waals surface area contributed by atoms with E-state index in [1.54, 1.807) is 6.07 Å². The van der Waals surface area contributed by atoms with Gasteiger partial charge in [-0.25, -0.2) is 4.98 Å². The van der Waals surface area contributed by atoms with Crippen LogP contribution in [-0.2, 0) is 19.4 Å². The third kappa shape index (κ3) is 3.74.